The van der Waals surface area contributed by atoms with Gasteiger partial charge in [-0.2, -0.15) is 17.9 Å². The second-order valence-electron chi connectivity index (χ2n) is 8.11. The first-order valence-electron chi connectivity index (χ1n) is 10.1. The summed E-state index contributed by atoms with van der Waals surface area (Å²) in [6, 6.07) is 9.09. The van der Waals surface area contributed by atoms with Gasteiger partial charge in [-0.05, 0) is 35.2 Å². The monoisotopic (exact) mass is 522 g/mol. The highest BCUT2D eigenvalue weighted by atomic mass is 32.2. The summed E-state index contributed by atoms with van der Waals surface area (Å²) in [6.45, 7) is 2.99. The highest BCUT2D eigenvalue weighted by molar-refractivity contribution is 7.90. The van der Waals surface area contributed by atoms with Crippen molar-refractivity contribution in [1.82, 2.24) is 4.72 Å². The van der Waals surface area contributed by atoms with Gasteiger partial charge in [0.05, 0.1) is 16.4 Å². The summed E-state index contributed by atoms with van der Waals surface area (Å²) in [7, 11) is -9.19. The van der Waals surface area contributed by atoms with Crippen molar-refractivity contribution in [2.75, 3.05) is 6.16 Å². The zero-order chi connectivity index (χ0) is 25.9. The van der Waals surface area contributed by atoms with E-state index in [9.17, 15) is 40.9 Å². The summed E-state index contributed by atoms with van der Waals surface area (Å²) in [5, 5.41) is 9.68. The average molecular weight is 522 g/mol. The number of benzene rings is 2. The van der Waals surface area contributed by atoms with E-state index in [0.29, 0.717) is 17.7 Å². The van der Waals surface area contributed by atoms with E-state index in [-0.39, 0.29) is 12.1 Å². The molecular weight excluding hydrogens is 496 g/mol. The number of sulfonamides is 1. The van der Waals surface area contributed by atoms with Crippen LogP contribution in [0.1, 0.15) is 36.5 Å². The molecule has 13 heteroatoms. The number of carboxylic acids is 1. The maximum absolute atomic E-state index is 13.3. The summed E-state index contributed by atoms with van der Waals surface area (Å²) < 4.78 is 80.0. The zero-order valence-corrected chi connectivity index (χ0v) is 20.1. The molecule has 0 radical (unpaired) electrons. The van der Waals surface area contributed by atoms with E-state index >= 15 is 0 Å². The van der Waals surface area contributed by atoms with Crippen molar-refractivity contribution in [3.8, 4) is 0 Å². The van der Waals surface area contributed by atoms with Gasteiger partial charge in [0.1, 0.15) is 5.78 Å². The van der Waals surface area contributed by atoms with Gasteiger partial charge in [0.2, 0.25) is 17.4 Å². The summed E-state index contributed by atoms with van der Waals surface area (Å²) in [6.07, 6.45) is -5.59. The molecule has 0 aliphatic carbocycles. The van der Waals surface area contributed by atoms with Crippen LogP contribution in [0.4, 0.5) is 13.2 Å². The van der Waals surface area contributed by atoms with Gasteiger partial charge in [-0.25, -0.2) is 8.42 Å². The third-order valence-electron chi connectivity index (χ3n) is 5.15. The van der Waals surface area contributed by atoms with Crippen molar-refractivity contribution in [1.29, 1.82) is 0 Å². The molecule has 2 aromatic carbocycles. The lowest BCUT2D eigenvalue weighted by Gasteiger charge is -2.29. The molecule has 0 fully saturated rings. The lowest BCUT2D eigenvalue weighted by atomic mass is 9.99. The first-order valence-corrected chi connectivity index (χ1v) is 13.5. The minimum absolute atomic E-state index is 0.113. The predicted octanol–water partition coefficient (Wildman–Crippen LogP) is 3.56. The Balaban J connectivity index is 2.40. The third kappa shape index (κ3) is 6.89. The summed E-state index contributed by atoms with van der Waals surface area (Å²) in [5.41, 5.74) is 5.19. The predicted molar refractivity (Wildman–Crippen MR) is 120 cm³/mol. The largest absolute Gasteiger partial charge is 0.481 e. The Bertz CT molecular complexity index is 1190. The van der Waals surface area contributed by atoms with Crippen molar-refractivity contribution in [2.24, 2.45) is 11.7 Å². The molecule has 0 saturated heterocycles. The highest BCUT2D eigenvalue weighted by Crippen LogP contribution is 2.51. The molecule has 0 amide bonds. The van der Waals surface area contributed by atoms with Crippen LogP contribution < -0.4 is 10.5 Å². The highest BCUT2D eigenvalue weighted by Gasteiger charge is 2.41. The van der Waals surface area contributed by atoms with Gasteiger partial charge in [0, 0.05) is 12.7 Å². The smallest absolute Gasteiger partial charge is 0.416 e. The fourth-order valence-electron chi connectivity index (χ4n) is 3.39. The van der Waals surface area contributed by atoms with Gasteiger partial charge in [0.15, 0.2) is 0 Å². The molecule has 8 nitrogen and oxygen atoms in total. The van der Waals surface area contributed by atoms with E-state index in [2.05, 4.69) is 0 Å². The van der Waals surface area contributed by atoms with Crippen LogP contribution in [-0.4, -0.2) is 36.3 Å². The number of rotatable bonds is 10. The molecule has 0 bridgehead atoms. The van der Waals surface area contributed by atoms with Crippen LogP contribution in [0.3, 0.4) is 0 Å². The number of aliphatic carboxylic acids is 1. The number of nitrogens with two attached hydrogens (primary N) is 1. The van der Waals surface area contributed by atoms with Gasteiger partial charge in [0.25, 0.3) is 0 Å². The molecule has 0 aromatic heterocycles. The molecular formula is C21H26F3N2O6PS. The zero-order valence-electron chi connectivity index (χ0n) is 18.4. The molecule has 34 heavy (non-hydrogen) atoms. The van der Waals surface area contributed by atoms with Crippen LogP contribution in [0.2, 0.25) is 0 Å². The standard InChI is InChI=1S/C21H26F3N2O6PS/c1-13(2)19(26-34(31,32)17-8-4-7-16(10-17)21(22,23)24)33(29,30)12-18(20(27)28)15-6-3-5-14(9-15)11-25/h3-10,13,18-19,26H,11-12,25H2,1-2H3,(H,27,28)(H,29,30). The third-order valence-corrected chi connectivity index (χ3v) is 9.24. The molecule has 0 saturated carbocycles. The van der Waals surface area contributed by atoms with Gasteiger partial charge < -0.3 is 15.7 Å². The van der Waals surface area contributed by atoms with Crippen LogP contribution in [0.15, 0.2) is 53.4 Å². The number of halogens is 3. The molecule has 2 rings (SSSR count). The summed E-state index contributed by atoms with van der Waals surface area (Å²) >= 11 is 0. The summed E-state index contributed by atoms with van der Waals surface area (Å²) in [4.78, 5) is 22.0. The average Bonchev–Trinajstić information content (AvgIpc) is 2.75. The van der Waals surface area contributed by atoms with Crippen LogP contribution in [0.25, 0.3) is 0 Å². The molecule has 0 aliphatic rings. The number of hydrogen-bond acceptors (Lipinski definition) is 5. The number of carbonyl (C=O) groups is 1. The van der Waals surface area contributed by atoms with E-state index in [1.165, 1.54) is 26.0 Å². The molecule has 5 N–H and O–H groups in total. The maximum atomic E-state index is 13.3. The van der Waals surface area contributed by atoms with Gasteiger partial charge in [-0.15, -0.1) is 0 Å². The Labute approximate surface area is 195 Å². The molecule has 3 atom stereocenters. The van der Waals surface area contributed by atoms with Crippen LogP contribution in [0.5, 0.6) is 0 Å². The number of alkyl halides is 3. The number of nitrogens with one attached hydrogen (secondary N) is 1. The van der Waals surface area contributed by atoms with Crippen molar-refractivity contribution in [2.45, 2.75) is 43.2 Å². The lowest BCUT2D eigenvalue weighted by Crippen LogP contribution is -2.39. The van der Waals surface area contributed by atoms with E-state index < -0.39 is 63.8 Å². The van der Waals surface area contributed by atoms with Crippen molar-refractivity contribution in [3.63, 3.8) is 0 Å². The van der Waals surface area contributed by atoms with Gasteiger partial charge in [-0.1, -0.05) is 44.2 Å². The van der Waals surface area contributed by atoms with Gasteiger partial charge in [-0.3, -0.25) is 9.36 Å². The van der Waals surface area contributed by atoms with Crippen LogP contribution in [0, 0.1) is 5.92 Å². The lowest BCUT2D eigenvalue weighted by molar-refractivity contribution is -0.138. The van der Waals surface area contributed by atoms with Crippen molar-refractivity contribution >= 4 is 23.4 Å². The quantitative estimate of drug-likeness (QED) is 0.349. The first kappa shape index (κ1) is 28.0. The summed E-state index contributed by atoms with van der Waals surface area (Å²) in [5.74, 6) is -5.28. The Morgan fingerprint density at radius 2 is 1.76 bits per heavy atom. The van der Waals surface area contributed by atoms with Crippen molar-refractivity contribution < 1.29 is 40.9 Å². The molecule has 188 valence electrons. The van der Waals surface area contributed by atoms with Crippen molar-refractivity contribution in [3.05, 3.63) is 65.2 Å². The van der Waals surface area contributed by atoms with E-state index in [1.807, 2.05) is 4.72 Å². The Morgan fingerprint density at radius 1 is 1.15 bits per heavy atom. The Kier molecular flexibility index (Phi) is 8.71. The fourth-order valence-corrected chi connectivity index (χ4v) is 7.78. The molecule has 0 spiro atoms. The second-order valence-corrected chi connectivity index (χ2v) is 12.3. The van der Waals surface area contributed by atoms with Crippen LogP contribution in [-0.2, 0) is 32.1 Å². The normalized spacial score (nSPS) is 16.1. The molecule has 0 heterocycles. The number of hydrogen-bond donors (Lipinski definition) is 4. The Morgan fingerprint density at radius 3 is 2.29 bits per heavy atom. The molecule has 3 unspecified atom stereocenters. The maximum Gasteiger partial charge on any atom is 0.416 e. The van der Waals surface area contributed by atoms with Gasteiger partial charge >= 0.3 is 12.1 Å². The fraction of sp³-hybridized carbons (Fsp3) is 0.381. The molecule has 2 aromatic rings. The van der Waals surface area contributed by atoms with Crippen LogP contribution >= 0.6 is 7.37 Å². The SMILES string of the molecule is CC(C)C(NS(=O)(=O)c1cccc(C(F)(F)F)c1)P(=O)(O)CC(C(=O)O)c1cccc(CN)c1. The van der Waals surface area contributed by atoms with E-state index in [1.54, 1.807) is 12.1 Å². The second kappa shape index (κ2) is 10.6. The topological polar surface area (TPSA) is 147 Å². The van der Waals surface area contributed by atoms with E-state index in [0.717, 1.165) is 12.1 Å². The number of carboxylic acid groups (broad SMARTS) is 1. The minimum atomic E-state index is -4.79. The minimum Gasteiger partial charge on any atom is -0.481 e. The first-order chi connectivity index (χ1) is 15.6. The molecule has 0 aliphatic heterocycles. The van der Waals surface area contributed by atoms with E-state index in [4.69, 9.17) is 5.73 Å². The Hall–Kier alpha value is -2.24.